The molecule has 0 bridgehead atoms. The number of benzene rings is 2. The molecule has 5 rings (SSSR count). The number of anilines is 1. The fraction of sp³-hybridized carbons (Fsp3) is 0.226. The molecule has 1 N–H and O–H groups in total. The van der Waals surface area contributed by atoms with Crippen LogP contribution in [0.15, 0.2) is 79.0 Å². The Hall–Kier alpha value is -4.83. The molecule has 0 aliphatic carbocycles. The summed E-state index contributed by atoms with van der Waals surface area (Å²) in [5.41, 5.74) is 2.45. The Morgan fingerprint density at radius 3 is 2.56 bits per heavy atom. The number of pyridine rings is 2. The van der Waals surface area contributed by atoms with E-state index in [-0.39, 0.29) is 36.2 Å². The molecule has 0 unspecified atom stereocenters. The third kappa shape index (κ3) is 7.23. The van der Waals surface area contributed by atoms with E-state index < -0.39 is 5.82 Å². The highest BCUT2D eigenvalue weighted by atomic mass is 19.1. The number of nitrogens with one attached hydrogen (secondary N) is 1. The van der Waals surface area contributed by atoms with E-state index in [2.05, 4.69) is 15.3 Å². The number of ketones is 1. The smallest absolute Gasteiger partial charge is 0.323 e. The molecule has 4 aromatic rings. The summed E-state index contributed by atoms with van der Waals surface area (Å²) < 4.78 is 31.4. The van der Waals surface area contributed by atoms with Crippen LogP contribution >= 0.6 is 0 Å². The minimum atomic E-state index is -0.585. The van der Waals surface area contributed by atoms with Gasteiger partial charge in [-0.25, -0.2) is 19.2 Å². The Morgan fingerprint density at radius 2 is 1.80 bits per heavy atom. The summed E-state index contributed by atoms with van der Waals surface area (Å²) in [5, 5.41) is 2.73. The topological polar surface area (TPSA) is 103 Å². The Kier molecular flexibility index (Phi) is 8.80. The highest BCUT2D eigenvalue weighted by molar-refractivity contribution is 5.98. The first-order chi connectivity index (χ1) is 20.0. The largest absolute Gasteiger partial charge is 0.481 e. The summed E-state index contributed by atoms with van der Waals surface area (Å²) in [5.74, 6) is 0.296. The molecule has 0 atom stereocenters. The Balaban J connectivity index is 1.29. The van der Waals surface area contributed by atoms with Gasteiger partial charge in [-0.3, -0.25) is 10.1 Å². The number of Topliss-reactive ketones (excluding diaryl/α,β-unsaturated/α-hetero) is 1. The van der Waals surface area contributed by atoms with Gasteiger partial charge >= 0.3 is 6.03 Å². The lowest BCUT2D eigenvalue weighted by Crippen LogP contribution is -2.43. The number of morpholine rings is 1. The highest BCUT2D eigenvalue weighted by Crippen LogP contribution is 2.28. The van der Waals surface area contributed by atoms with Crippen molar-refractivity contribution in [1.29, 1.82) is 0 Å². The molecule has 210 valence electrons. The van der Waals surface area contributed by atoms with Crippen LogP contribution in [0.25, 0.3) is 0 Å². The van der Waals surface area contributed by atoms with Crippen molar-refractivity contribution >= 4 is 17.6 Å². The minimum absolute atomic E-state index is 0.00406. The number of amides is 2. The van der Waals surface area contributed by atoms with Crippen molar-refractivity contribution in [3.63, 3.8) is 0 Å². The van der Waals surface area contributed by atoms with Crippen molar-refractivity contribution in [2.45, 2.75) is 12.8 Å². The highest BCUT2D eigenvalue weighted by Gasteiger charge is 2.18. The molecule has 0 radical (unpaired) electrons. The van der Waals surface area contributed by atoms with Crippen LogP contribution in [0.4, 0.5) is 15.0 Å². The molecule has 1 saturated heterocycles. The van der Waals surface area contributed by atoms with Gasteiger partial charge in [0.1, 0.15) is 11.6 Å². The molecule has 0 saturated carbocycles. The maximum Gasteiger partial charge on any atom is 0.323 e. The number of carbonyl (C=O) groups excluding carboxylic acids is 2. The zero-order chi connectivity index (χ0) is 28.6. The minimum Gasteiger partial charge on any atom is -0.481 e. The molecule has 3 heterocycles. The second-order valence-electron chi connectivity index (χ2n) is 9.38. The summed E-state index contributed by atoms with van der Waals surface area (Å²) in [6.45, 7) is 1.96. The van der Waals surface area contributed by atoms with Crippen molar-refractivity contribution in [3.8, 4) is 17.4 Å². The lowest BCUT2D eigenvalue weighted by atomic mass is 9.98. The monoisotopic (exact) mass is 556 g/mol. The van der Waals surface area contributed by atoms with Crippen LogP contribution in [0.1, 0.15) is 27.2 Å². The maximum absolute atomic E-state index is 15.1. The predicted octanol–water partition coefficient (Wildman–Crippen LogP) is 5.30. The molecule has 1 fully saturated rings. The van der Waals surface area contributed by atoms with Crippen molar-refractivity contribution in [3.05, 3.63) is 107 Å². The first-order valence-corrected chi connectivity index (χ1v) is 13.2. The average molecular weight is 557 g/mol. The molecule has 1 aliphatic rings. The number of aromatic nitrogens is 2. The van der Waals surface area contributed by atoms with Gasteiger partial charge in [0.25, 0.3) is 0 Å². The second kappa shape index (κ2) is 13.0. The number of carbonyl (C=O) groups is 2. The van der Waals surface area contributed by atoms with Crippen LogP contribution in [0.2, 0.25) is 0 Å². The van der Waals surface area contributed by atoms with E-state index in [9.17, 15) is 9.59 Å². The number of nitrogens with zero attached hydrogens (tertiary/aromatic N) is 3. The summed E-state index contributed by atoms with van der Waals surface area (Å²) in [4.78, 5) is 35.9. The molecule has 10 heteroatoms. The molecule has 2 aromatic carbocycles. The van der Waals surface area contributed by atoms with E-state index in [0.29, 0.717) is 54.8 Å². The van der Waals surface area contributed by atoms with Crippen LogP contribution in [-0.2, 0) is 17.6 Å². The first-order valence-electron chi connectivity index (χ1n) is 13.2. The van der Waals surface area contributed by atoms with Crippen LogP contribution < -0.4 is 14.8 Å². The number of methoxy groups -OCH3 is 1. The first kappa shape index (κ1) is 27.7. The fourth-order valence-corrected chi connectivity index (χ4v) is 4.42. The lowest BCUT2D eigenvalue weighted by molar-refractivity contribution is 0.0564. The van der Waals surface area contributed by atoms with Gasteiger partial charge in [-0.15, -0.1) is 0 Å². The van der Waals surface area contributed by atoms with E-state index >= 15 is 4.39 Å². The summed E-state index contributed by atoms with van der Waals surface area (Å²) in [6, 6.07) is 20.2. The van der Waals surface area contributed by atoms with Gasteiger partial charge in [-0.2, -0.15) is 0 Å². The van der Waals surface area contributed by atoms with Crippen molar-refractivity contribution in [1.82, 2.24) is 14.9 Å². The van der Waals surface area contributed by atoms with Gasteiger partial charge in [-0.1, -0.05) is 36.4 Å². The number of hydrogen-bond donors (Lipinski definition) is 1. The molecule has 0 spiro atoms. The second-order valence-corrected chi connectivity index (χ2v) is 9.38. The van der Waals surface area contributed by atoms with E-state index in [1.165, 1.54) is 31.5 Å². The van der Waals surface area contributed by atoms with Crippen molar-refractivity contribution in [2.75, 3.05) is 38.7 Å². The number of ether oxygens (including phenoxy) is 3. The zero-order valence-electron chi connectivity index (χ0n) is 22.5. The number of rotatable bonds is 9. The third-order valence-corrected chi connectivity index (χ3v) is 6.53. The predicted molar refractivity (Wildman–Crippen MR) is 150 cm³/mol. The fourth-order valence-electron chi connectivity index (χ4n) is 4.42. The maximum atomic E-state index is 15.1. The zero-order valence-corrected chi connectivity index (χ0v) is 22.5. The van der Waals surface area contributed by atoms with E-state index in [4.69, 9.17) is 14.2 Å². The van der Waals surface area contributed by atoms with Gasteiger partial charge in [0.15, 0.2) is 17.3 Å². The molecule has 41 heavy (non-hydrogen) atoms. The molecule has 1 aliphatic heterocycles. The number of halogens is 1. The van der Waals surface area contributed by atoms with Crippen LogP contribution in [0.3, 0.4) is 0 Å². The average Bonchev–Trinajstić information content (AvgIpc) is 2.99. The molecular formula is C31H29FN4O5. The third-order valence-electron chi connectivity index (χ3n) is 6.53. The van der Waals surface area contributed by atoms with E-state index in [1.54, 1.807) is 29.2 Å². The normalized spacial score (nSPS) is 13.0. The SMILES string of the molecule is COc1ccc(C(=O)Cc2ccccc2)c(Cc2ccc(Oc3ccnc(NC(=O)N4CCOCC4)c3)c(F)c2)n1. The molecule has 2 aromatic heterocycles. The Labute approximate surface area is 236 Å². The van der Waals surface area contributed by atoms with Crippen molar-refractivity contribution in [2.24, 2.45) is 0 Å². The summed E-state index contributed by atoms with van der Waals surface area (Å²) in [6.07, 6.45) is 1.92. The number of urea groups is 1. The lowest BCUT2D eigenvalue weighted by Gasteiger charge is -2.26. The van der Waals surface area contributed by atoms with Crippen LogP contribution in [-0.4, -0.2) is 60.1 Å². The van der Waals surface area contributed by atoms with Gasteiger partial charge < -0.3 is 19.1 Å². The van der Waals surface area contributed by atoms with Gasteiger partial charge in [0.2, 0.25) is 5.88 Å². The summed E-state index contributed by atoms with van der Waals surface area (Å²) >= 11 is 0. The summed E-state index contributed by atoms with van der Waals surface area (Å²) in [7, 11) is 1.50. The van der Waals surface area contributed by atoms with E-state index in [0.717, 1.165) is 5.56 Å². The quantitative estimate of drug-likeness (QED) is 0.279. The standard InChI is InChI=1S/C31H29FN4O5/c1-39-30-10-8-24(27(37)19-21-5-3-2-4-6-21)26(34-30)18-22-7-9-28(25(32)17-22)41-23-11-12-33-29(20-23)35-31(38)36-13-15-40-16-14-36/h2-12,17,20H,13-16,18-19H2,1H3,(H,33,35,38). The van der Waals surface area contributed by atoms with Gasteiger partial charge in [-0.05, 0) is 35.4 Å². The molecule has 9 nitrogen and oxygen atoms in total. The van der Waals surface area contributed by atoms with Crippen molar-refractivity contribution < 1.29 is 28.2 Å². The molecular weight excluding hydrogens is 527 g/mol. The number of hydrogen-bond acceptors (Lipinski definition) is 7. The van der Waals surface area contributed by atoms with Crippen LogP contribution in [0.5, 0.6) is 17.4 Å². The Morgan fingerprint density at radius 1 is 1.00 bits per heavy atom. The van der Waals surface area contributed by atoms with Gasteiger partial charge in [0.05, 0.1) is 26.0 Å². The van der Waals surface area contributed by atoms with Crippen LogP contribution in [0, 0.1) is 5.82 Å². The van der Waals surface area contributed by atoms with Gasteiger partial charge in [0, 0.05) is 49.8 Å². The Bertz CT molecular complexity index is 1530. The molecule has 2 amide bonds. The van der Waals surface area contributed by atoms with E-state index in [1.807, 2.05) is 30.3 Å².